The summed E-state index contributed by atoms with van der Waals surface area (Å²) in [7, 11) is 0. The topological polar surface area (TPSA) is 97.0 Å². The minimum absolute atomic E-state index is 0.195. The van der Waals surface area contributed by atoms with Crippen molar-refractivity contribution in [2.45, 2.75) is 44.1 Å². The van der Waals surface area contributed by atoms with Crippen molar-refractivity contribution in [3.8, 4) is 0 Å². The molecule has 1 aliphatic rings. The Labute approximate surface area is 136 Å². The van der Waals surface area contributed by atoms with Crippen LogP contribution in [-0.4, -0.2) is 32.7 Å². The standard InChI is InChI=1S/C17H23N5O/c18-17-21-15(12-9-14(23)10-12)11-16(22-17)20-8-4-2-6-13-5-1-3-7-19-13/h1,3,5,7,11-12,14,23H,2,4,6,8-10H2,(H3,18,20,21,22). The number of hydrogen-bond acceptors (Lipinski definition) is 6. The largest absolute Gasteiger partial charge is 0.393 e. The van der Waals surface area contributed by atoms with Crippen molar-refractivity contribution in [1.29, 1.82) is 0 Å². The number of aliphatic hydroxyl groups excluding tert-OH is 1. The Hall–Kier alpha value is -2.21. The summed E-state index contributed by atoms with van der Waals surface area (Å²) in [5, 5.41) is 12.7. The molecule has 0 radical (unpaired) electrons. The molecule has 6 heteroatoms. The summed E-state index contributed by atoms with van der Waals surface area (Å²) in [6, 6.07) is 7.95. The molecule has 0 saturated heterocycles. The Morgan fingerprint density at radius 3 is 2.83 bits per heavy atom. The second kappa shape index (κ2) is 7.37. The number of unbranched alkanes of at least 4 members (excludes halogenated alkanes) is 1. The lowest BCUT2D eigenvalue weighted by atomic mass is 9.80. The third kappa shape index (κ3) is 4.39. The normalized spacial score (nSPS) is 20.0. The van der Waals surface area contributed by atoms with E-state index in [9.17, 15) is 5.11 Å². The molecular weight excluding hydrogens is 290 g/mol. The van der Waals surface area contributed by atoms with Gasteiger partial charge >= 0.3 is 0 Å². The molecule has 0 amide bonds. The van der Waals surface area contributed by atoms with Crippen LogP contribution in [0.1, 0.15) is 43.0 Å². The second-order valence-corrected chi connectivity index (χ2v) is 6.06. The molecule has 122 valence electrons. The smallest absolute Gasteiger partial charge is 0.222 e. The molecule has 3 rings (SSSR count). The summed E-state index contributed by atoms with van der Waals surface area (Å²) in [6.45, 7) is 0.843. The van der Waals surface area contributed by atoms with Gasteiger partial charge in [-0.25, -0.2) is 4.98 Å². The number of aromatic nitrogens is 3. The third-order valence-electron chi connectivity index (χ3n) is 4.19. The molecule has 0 aliphatic heterocycles. The highest BCUT2D eigenvalue weighted by Crippen LogP contribution is 2.36. The van der Waals surface area contributed by atoms with Crippen LogP contribution in [0.15, 0.2) is 30.5 Å². The number of aryl methyl sites for hydroxylation is 1. The fraction of sp³-hybridized carbons (Fsp3) is 0.471. The summed E-state index contributed by atoms with van der Waals surface area (Å²) in [4.78, 5) is 12.8. The molecule has 1 saturated carbocycles. The highest BCUT2D eigenvalue weighted by molar-refractivity contribution is 5.41. The Morgan fingerprint density at radius 1 is 1.22 bits per heavy atom. The first-order valence-electron chi connectivity index (χ1n) is 8.17. The van der Waals surface area contributed by atoms with Gasteiger partial charge in [0.15, 0.2) is 0 Å². The zero-order chi connectivity index (χ0) is 16.1. The van der Waals surface area contributed by atoms with E-state index < -0.39 is 0 Å². The van der Waals surface area contributed by atoms with E-state index >= 15 is 0 Å². The molecule has 2 aromatic heterocycles. The van der Waals surface area contributed by atoms with E-state index in [1.807, 2.05) is 24.4 Å². The number of anilines is 2. The summed E-state index contributed by atoms with van der Waals surface area (Å²) in [5.74, 6) is 1.37. The van der Waals surface area contributed by atoms with Crippen LogP contribution in [0.25, 0.3) is 0 Å². The van der Waals surface area contributed by atoms with E-state index in [4.69, 9.17) is 5.73 Å². The van der Waals surface area contributed by atoms with E-state index in [0.29, 0.717) is 11.9 Å². The number of hydrogen-bond donors (Lipinski definition) is 3. The van der Waals surface area contributed by atoms with Gasteiger partial charge < -0.3 is 16.2 Å². The van der Waals surface area contributed by atoms with Gasteiger partial charge in [-0.2, -0.15) is 4.98 Å². The van der Waals surface area contributed by atoms with Crippen LogP contribution in [0.2, 0.25) is 0 Å². The maximum atomic E-state index is 9.42. The number of aliphatic hydroxyl groups is 1. The Bertz CT molecular complexity index is 628. The van der Waals surface area contributed by atoms with Crippen molar-refractivity contribution in [1.82, 2.24) is 15.0 Å². The molecule has 2 aromatic rings. The third-order valence-corrected chi connectivity index (χ3v) is 4.19. The van der Waals surface area contributed by atoms with Crippen LogP contribution >= 0.6 is 0 Å². The highest BCUT2D eigenvalue weighted by atomic mass is 16.3. The van der Waals surface area contributed by atoms with E-state index in [0.717, 1.165) is 55.9 Å². The number of nitrogens with two attached hydrogens (primary N) is 1. The molecule has 23 heavy (non-hydrogen) atoms. The van der Waals surface area contributed by atoms with Crippen molar-refractivity contribution in [2.24, 2.45) is 0 Å². The van der Waals surface area contributed by atoms with Gasteiger partial charge in [0.2, 0.25) is 5.95 Å². The summed E-state index contributed by atoms with van der Waals surface area (Å²) < 4.78 is 0. The molecule has 0 bridgehead atoms. The van der Waals surface area contributed by atoms with Crippen molar-refractivity contribution in [2.75, 3.05) is 17.6 Å². The van der Waals surface area contributed by atoms with Crippen LogP contribution < -0.4 is 11.1 Å². The molecule has 6 nitrogen and oxygen atoms in total. The van der Waals surface area contributed by atoms with Crippen LogP contribution in [-0.2, 0) is 6.42 Å². The molecule has 0 unspecified atom stereocenters. The molecule has 0 aromatic carbocycles. The fourth-order valence-corrected chi connectivity index (χ4v) is 2.81. The zero-order valence-electron chi connectivity index (χ0n) is 13.2. The average molecular weight is 313 g/mol. The van der Waals surface area contributed by atoms with Gasteiger partial charge in [0.25, 0.3) is 0 Å². The van der Waals surface area contributed by atoms with Gasteiger partial charge in [0, 0.05) is 30.4 Å². The highest BCUT2D eigenvalue weighted by Gasteiger charge is 2.30. The molecule has 1 fully saturated rings. The van der Waals surface area contributed by atoms with Gasteiger partial charge in [-0.3, -0.25) is 4.98 Å². The van der Waals surface area contributed by atoms with E-state index in [2.05, 4.69) is 26.3 Å². The van der Waals surface area contributed by atoms with Gasteiger partial charge in [0.1, 0.15) is 5.82 Å². The maximum absolute atomic E-state index is 9.42. The van der Waals surface area contributed by atoms with E-state index in [-0.39, 0.29) is 6.10 Å². The Balaban J connectivity index is 1.44. The Morgan fingerprint density at radius 2 is 2.09 bits per heavy atom. The molecular formula is C17H23N5O. The fourth-order valence-electron chi connectivity index (χ4n) is 2.81. The summed E-state index contributed by atoms with van der Waals surface area (Å²) >= 11 is 0. The first-order chi connectivity index (χ1) is 11.2. The predicted molar refractivity (Wildman–Crippen MR) is 90.1 cm³/mol. The van der Waals surface area contributed by atoms with Gasteiger partial charge in [-0.1, -0.05) is 6.07 Å². The van der Waals surface area contributed by atoms with Crippen molar-refractivity contribution >= 4 is 11.8 Å². The minimum atomic E-state index is -0.195. The minimum Gasteiger partial charge on any atom is -0.393 e. The maximum Gasteiger partial charge on any atom is 0.222 e. The molecule has 2 heterocycles. The lowest BCUT2D eigenvalue weighted by Gasteiger charge is -2.30. The number of nitrogens with one attached hydrogen (secondary N) is 1. The van der Waals surface area contributed by atoms with Gasteiger partial charge in [-0.05, 0) is 44.2 Å². The van der Waals surface area contributed by atoms with Crippen LogP contribution in [0.3, 0.4) is 0 Å². The number of rotatable bonds is 7. The first-order valence-corrected chi connectivity index (χ1v) is 8.17. The average Bonchev–Trinajstić information content (AvgIpc) is 2.52. The summed E-state index contributed by atoms with van der Waals surface area (Å²) in [5.41, 5.74) is 7.84. The number of nitrogen functional groups attached to an aromatic ring is 1. The monoisotopic (exact) mass is 313 g/mol. The first kappa shape index (κ1) is 15.7. The predicted octanol–water partition coefficient (Wildman–Crippen LogP) is 2.13. The van der Waals surface area contributed by atoms with Crippen LogP contribution in [0, 0.1) is 0 Å². The van der Waals surface area contributed by atoms with Gasteiger partial charge in [0.05, 0.1) is 11.8 Å². The molecule has 0 spiro atoms. The number of nitrogens with zero attached hydrogens (tertiary/aromatic N) is 3. The van der Waals surface area contributed by atoms with Crippen LogP contribution in [0.5, 0.6) is 0 Å². The number of pyridine rings is 1. The lowest BCUT2D eigenvalue weighted by molar-refractivity contribution is 0.0732. The van der Waals surface area contributed by atoms with Gasteiger partial charge in [-0.15, -0.1) is 0 Å². The summed E-state index contributed by atoms with van der Waals surface area (Å²) in [6.07, 6.45) is 6.26. The molecule has 1 aliphatic carbocycles. The van der Waals surface area contributed by atoms with Crippen molar-refractivity contribution in [3.63, 3.8) is 0 Å². The van der Waals surface area contributed by atoms with E-state index in [1.54, 1.807) is 0 Å². The lowest BCUT2D eigenvalue weighted by Crippen LogP contribution is -2.27. The quantitative estimate of drug-likeness (QED) is 0.678. The molecule has 4 N–H and O–H groups in total. The molecule has 0 atom stereocenters. The zero-order valence-corrected chi connectivity index (χ0v) is 13.2. The van der Waals surface area contributed by atoms with E-state index in [1.165, 1.54) is 0 Å². The Kier molecular flexibility index (Phi) is 5.02. The SMILES string of the molecule is Nc1nc(NCCCCc2ccccn2)cc(C2CC(O)C2)n1. The van der Waals surface area contributed by atoms with Crippen molar-refractivity contribution in [3.05, 3.63) is 41.9 Å². The second-order valence-electron chi connectivity index (χ2n) is 6.06. The van der Waals surface area contributed by atoms with Crippen molar-refractivity contribution < 1.29 is 5.11 Å². The van der Waals surface area contributed by atoms with Crippen LogP contribution in [0.4, 0.5) is 11.8 Å².